The Morgan fingerprint density at radius 1 is 0.750 bits per heavy atom. The third-order valence-electron chi connectivity index (χ3n) is 6.63. The van der Waals surface area contributed by atoms with Gasteiger partial charge in [0.1, 0.15) is 19.3 Å². The van der Waals surface area contributed by atoms with Crippen LogP contribution in [0, 0.1) is 0 Å². The number of allylic oxidation sites excluding steroid dienone is 2. The molecule has 0 aliphatic rings. The van der Waals surface area contributed by atoms with E-state index in [-0.39, 0.29) is 26.2 Å². The fraction of sp³-hybridized carbons (Fsp3) is 0.903. The van der Waals surface area contributed by atoms with Gasteiger partial charge < -0.3 is 18.9 Å². The lowest BCUT2D eigenvalue weighted by atomic mass is 10.1. The minimum absolute atomic E-state index is 0.0872. The highest BCUT2D eigenvalue weighted by molar-refractivity contribution is 7.47. The molecule has 1 N–H and O–H groups in total. The monoisotopic (exact) mass is 592 g/mol. The Bertz CT molecular complexity index is 667. The zero-order valence-corrected chi connectivity index (χ0v) is 27.5. The molecular formula is C31H63NO7P+. The number of hydrogen-bond acceptors (Lipinski definition) is 6. The van der Waals surface area contributed by atoms with Crippen LogP contribution in [0.5, 0.6) is 0 Å². The minimum Gasteiger partial charge on any atom is -0.457 e. The number of esters is 1. The molecule has 2 atom stereocenters. The number of phosphoric ester groups is 1. The van der Waals surface area contributed by atoms with Gasteiger partial charge in [0.2, 0.25) is 0 Å². The Morgan fingerprint density at radius 3 is 1.80 bits per heavy atom. The van der Waals surface area contributed by atoms with Gasteiger partial charge in [-0.05, 0) is 32.1 Å². The van der Waals surface area contributed by atoms with Crippen molar-refractivity contribution in [3.8, 4) is 0 Å². The van der Waals surface area contributed by atoms with Crippen LogP contribution < -0.4 is 0 Å². The van der Waals surface area contributed by atoms with Gasteiger partial charge in [0.15, 0.2) is 0 Å². The standard InChI is InChI=1S/C31H62NO7P/c1-6-8-9-10-11-12-13-14-15-16-17-18-19-20-21-22-23-24-26-36-28-30(39-31(33)7-2)29-38-40(34,35)37-27-25-32(3,4)5/h14-15,30H,6-13,16-29H2,1-5H3/p+1/b15-14-. The van der Waals surface area contributed by atoms with Crippen LogP contribution in [0.25, 0.3) is 0 Å². The summed E-state index contributed by atoms with van der Waals surface area (Å²) in [5.74, 6) is -0.403. The molecular weight excluding hydrogens is 529 g/mol. The molecule has 0 aromatic heterocycles. The SMILES string of the molecule is CCCCCCCC/C=C\CCCCCCCCCCOCC(COP(=O)(O)OCC[N+](C)(C)C)OC(=O)CC. The molecule has 0 saturated heterocycles. The molecule has 0 spiro atoms. The number of carbonyl (C=O) groups is 1. The average molecular weight is 593 g/mol. The molecule has 0 aromatic rings. The second-order valence-electron chi connectivity index (χ2n) is 11.8. The van der Waals surface area contributed by atoms with Crippen molar-refractivity contribution in [1.29, 1.82) is 0 Å². The smallest absolute Gasteiger partial charge is 0.457 e. The van der Waals surface area contributed by atoms with Crippen molar-refractivity contribution in [2.45, 2.75) is 129 Å². The molecule has 0 aliphatic carbocycles. The van der Waals surface area contributed by atoms with Gasteiger partial charge in [-0.3, -0.25) is 13.8 Å². The van der Waals surface area contributed by atoms with Gasteiger partial charge >= 0.3 is 13.8 Å². The highest BCUT2D eigenvalue weighted by atomic mass is 31.2. The topological polar surface area (TPSA) is 91.3 Å². The van der Waals surface area contributed by atoms with Crippen LogP contribution in [0.1, 0.15) is 123 Å². The number of ether oxygens (including phenoxy) is 2. The minimum atomic E-state index is -4.22. The molecule has 0 bridgehead atoms. The number of quaternary nitrogens is 1. The summed E-state index contributed by atoms with van der Waals surface area (Å²) in [7, 11) is 1.66. The lowest BCUT2D eigenvalue weighted by molar-refractivity contribution is -0.870. The number of carbonyl (C=O) groups excluding carboxylic acids is 1. The Labute approximate surface area is 246 Å². The third kappa shape index (κ3) is 28.8. The molecule has 9 heteroatoms. The Hall–Kier alpha value is -0.760. The van der Waals surface area contributed by atoms with Crippen LogP contribution in [-0.2, 0) is 27.9 Å². The van der Waals surface area contributed by atoms with Crippen molar-refractivity contribution in [1.82, 2.24) is 0 Å². The molecule has 0 amide bonds. The maximum Gasteiger partial charge on any atom is 0.472 e. The third-order valence-corrected chi connectivity index (χ3v) is 7.62. The van der Waals surface area contributed by atoms with E-state index >= 15 is 0 Å². The first-order valence-corrected chi connectivity index (χ1v) is 17.4. The number of nitrogens with zero attached hydrogens (tertiary/aromatic N) is 1. The van der Waals surface area contributed by atoms with E-state index in [0.717, 1.165) is 12.8 Å². The molecule has 8 nitrogen and oxygen atoms in total. The molecule has 0 fully saturated rings. The van der Waals surface area contributed by atoms with E-state index in [4.69, 9.17) is 18.5 Å². The summed E-state index contributed by atoms with van der Waals surface area (Å²) in [6.45, 7) is 5.03. The second-order valence-corrected chi connectivity index (χ2v) is 13.3. The first-order valence-electron chi connectivity index (χ1n) is 15.9. The normalized spacial score (nSPS) is 14.4. The largest absolute Gasteiger partial charge is 0.472 e. The fourth-order valence-corrected chi connectivity index (χ4v) is 4.79. The van der Waals surface area contributed by atoms with Gasteiger partial charge in [-0.15, -0.1) is 0 Å². The molecule has 0 rings (SSSR count). The zero-order valence-electron chi connectivity index (χ0n) is 26.6. The molecule has 2 unspecified atom stereocenters. The lowest BCUT2D eigenvalue weighted by Crippen LogP contribution is -2.37. The Balaban J connectivity index is 3.80. The van der Waals surface area contributed by atoms with Crippen LogP contribution in [0.3, 0.4) is 0 Å². The quantitative estimate of drug-likeness (QED) is 0.0309. The van der Waals surface area contributed by atoms with Crippen LogP contribution >= 0.6 is 7.82 Å². The number of unbranched alkanes of at least 4 members (excludes halogenated alkanes) is 14. The van der Waals surface area contributed by atoms with Crippen LogP contribution in [0.2, 0.25) is 0 Å². The maximum absolute atomic E-state index is 12.1. The highest BCUT2D eigenvalue weighted by Gasteiger charge is 2.26. The van der Waals surface area contributed by atoms with Crippen LogP contribution in [0.4, 0.5) is 0 Å². The van der Waals surface area contributed by atoms with Crippen molar-refractivity contribution in [3.05, 3.63) is 12.2 Å². The molecule has 40 heavy (non-hydrogen) atoms. The van der Waals surface area contributed by atoms with E-state index in [1.54, 1.807) is 6.92 Å². The van der Waals surface area contributed by atoms with Crippen molar-refractivity contribution in [2.75, 3.05) is 54.1 Å². The molecule has 0 heterocycles. The first-order chi connectivity index (χ1) is 19.1. The number of hydrogen-bond donors (Lipinski definition) is 1. The fourth-order valence-electron chi connectivity index (χ4n) is 4.05. The van der Waals surface area contributed by atoms with Gasteiger partial charge in [0.25, 0.3) is 0 Å². The van der Waals surface area contributed by atoms with E-state index in [1.807, 2.05) is 21.1 Å². The zero-order chi connectivity index (χ0) is 30.0. The van der Waals surface area contributed by atoms with Gasteiger partial charge in [-0.25, -0.2) is 4.57 Å². The van der Waals surface area contributed by atoms with Gasteiger partial charge in [-0.2, -0.15) is 0 Å². The summed E-state index contributed by atoms with van der Waals surface area (Å²) >= 11 is 0. The van der Waals surface area contributed by atoms with Crippen molar-refractivity contribution < 1.29 is 37.3 Å². The highest BCUT2D eigenvalue weighted by Crippen LogP contribution is 2.43. The predicted molar refractivity (Wildman–Crippen MR) is 164 cm³/mol. The molecule has 0 aromatic carbocycles. The summed E-state index contributed by atoms with van der Waals surface area (Å²) in [4.78, 5) is 21.6. The Morgan fingerprint density at radius 2 is 1.27 bits per heavy atom. The molecule has 0 saturated carbocycles. The predicted octanol–water partition coefficient (Wildman–Crippen LogP) is 7.98. The van der Waals surface area contributed by atoms with Crippen LogP contribution in [-0.4, -0.2) is 75.6 Å². The summed E-state index contributed by atoms with van der Waals surface area (Å²) in [6.07, 6.45) is 24.5. The second kappa shape index (κ2) is 25.9. The summed E-state index contributed by atoms with van der Waals surface area (Å²) in [5, 5.41) is 0. The number of likely N-dealkylation sites (N-methyl/N-ethyl adjacent to an activating group) is 1. The lowest BCUT2D eigenvalue weighted by Gasteiger charge is -2.24. The van der Waals surface area contributed by atoms with E-state index in [9.17, 15) is 14.3 Å². The van der Waals surface area contributed by atoms with E-state index in [2.05, 4.69) is 19.1 Å². The molecule has 0 aliphatic heterocycles. The van der Waals surface area contributed by atoms with Gasteiger partial charge in [0.05, 0.1) is 34.4 Å². The van der Waals surface area contributed by atoms with Crippen LogP contribution in [0.15, 0.2) is 12.2 Å². The first kappa shape index (κ1) is 39.2. The summed E-state index contributed by atoms with van der Waals surface area (Å²) in [6, 6.07) is 0. The van der Waals surface area contributed by atoms with Gasteiger partial charge in [-0.1, -0.05) is 96.6 Å². The molecule has 238 valence electrons. The number of phosphoric acid groups is 1. The average Bonchev–Trinajstić information content (AvgIpc) is 2.89. The Kier molecular flexibility index (Phi) is 25.4. The van der Waals surface area contributed by atoms with Crippen molar-refractivity contribution in [2.24, 2.45) is 0 Å². The van der Waals surface area contributed by atoms with E-state index < -0.39 is 19.9 Å². The maximum atomic E-state index is 12.1. The summed E-state index contributed by atoms with van der Waals surface area (Å²) in [5.41, 5.74) is 0. The van der Waals surface area contributed by atoms with Crippen molar-refractivity contribution >= 4 is 13.8 Å². The summed E-state index contributed by atoms with van der Waals surface area (Å²) < 4.78 is 33.8. The number of rotatable bonds is 29. The van der Waals surface area contributed by atoms with E-state index in [1.165, 1.54) is 89.9 Å². The molecule has 0 radical (unpaired) electrons. The van der Waals surface area contributed by atoms with Crippen molar-refractivity contribution in [3.63, 3.8) is 0 Å². The van der Waals surface area contributed by atoms with Gasteiger partial charge in [0, 0.05) is 13.0 Å². The van der Waals surface area contributed by atoms with E-state index in [0.29, 0.717) is 17.6 Å².